The smallest absolute Gasteiger partial charge is 0.212 e. The topological polar surface area (TPSA) is 37.4 Å². The van der Waals surface area contributed by atoms with Crippen molar-refractivity contribution in [2.24, 2.45) is 0 Å². The maximum Gasteiger partial charge on any atom is 0.218 e. The van der Waals surface area contributed by atoms with Crippen LogP contribution >= 0.6 is 11.6 Å². The summed E-state index contributed by atoms with van der Waals surface area (Å²) in [7, 11) is -1.58. The van der Waals surface area contributed by atoms with Crippen molar-refractivity contribution in [1.82, 2.24) is 4.31 Å². The average Bonchev–Trinajstić information content (AvgIpc) is 2.30. The van der Waals surface area contributed by atoms with Crippen molar-refractivity contribution in [2.75, 3.05) is 13.6 Å². The summed E-state index contributed by atoms with van der Waals surface area (Å²) in [6, 6.07) is 7.35. The molecule has 0 aliphatic heterocycles. The Hall–Kier alpha value is -0.580. The summed E-state index contributed by atoms with van der Waals surface area (Å²) in [4.78, 5) is 0. The van der Waals surface area contributed by atoms with Gasteiger partial charge in [0.25, 0.3) is 0 Å². The largest absolute Gasteiger partial charge is 0.218 e. The number of benzene rings is 1. The van der Waals surface area contributed by atoms with Crippen LogP contribution in [0.2, 0.25) is 0 Å². The molecule has 0 saturated carbocycles. The fourth-order valence-electron chi connectivity index (χ4n) is 1.50. The first-order chi connectivity index (χ1) is 7.99. The number of hydrogen-bond acceptors (Lipinski definition) is 2. The van der Waals surface area contributed by atoms with E-state index in [1.54, 1.807) is 7.05 Å². The molecular formula is C12H18ClNO2S. The van der Waals surface area contributed by atoms with Crippen LogP contribution in [0.3, 0.4) is 0 Å². The van der Waals surface area contributed by atoms with Gasteiger partial charge in [0.05, 0.1) is 5.75 Å². The molecule has 0 saturated heterocycles. The Labute approximate surface area is 108 Å². The summed E-state index contributed by atoms with van der Waals surface area (Å²) in [5.74, 6) is 0.495. The lowest BCUT2D eigenvalue weighted by molar-refractivity contribution is 0.467. The van der Waals surface area contributed by atoms with Gasteiger partial charge in [-0.25, -0.2) is 12.7 Å². The third-order valence-corrected chi connectivity index (χ3v) is 4.68. The molecule has 0 bridgehead atoms. The summed E-state index contributed by atoms with van der Waals surface area (Å²) in [6.07, 6.45) is 0.820. The van der Waals surface area contributed by atoms with Gasteiger partial charge in [-0.05, 0) is 17.5 Å². The Morgan fingerprint density at radius 1 is 1.18 bits per heavy atom. The van der Waals surface area contributed by atoms with Crippen molar-refractivity contribution in [1.29, 1.82) is 0 Å². The summed E-state index contributed by atoms with van der Waals surface area (Å²) in [5, 5.41) is 0. The van der Waals surface area contributed by atoms with Gasteiger partial charge >= 0.3 is 0 Å². The highest BCUT2D eigenvalue weighted by molar-refractivity contribution is 7.88. The predicted molar refractivity (Wildman–Crippen MR) is 71.5 cm³/mol. The van der Waals surface area contributed by atoms with Crippen LogP contribution in [0.15, 0.2) is 24.3 Å². The summed E-state index contributed by atoms with van der Waals surface area (Å²) in [5.41, 5.74) is 1.79. The van der Waals surface area contributed by atoms with Crippen LogP contribution in [-0.4, -0.2) is 26.3 Å². The quantitative estimate of drug-likeness (QED) is 0.749. The maximum absolute atomic E-state index is 11.9. The Morgan fingerprint density at radius 3 is 2.18 bits per heavy atom. The monoisotopic (exact) mass is 275 g/mol. The SMILES string of the molecule is CCCN(C)S(=O)(=O)Cc1ccc(CCl)cc1. The molecule has 3 nitrogen and oxygen atoms in total. The molecule has 0 atom stereocenters. The van der Waals surface area contributed by atoms with Gasteiger partial charge in [0.15, 0.2) is 0 Å². The number of alkyl halides is 1. The summed E-state index contributed by atoms with van der Waals surface area (Å²) >= 11 is 5.68. The molecule has 1 aromatic rings. The minimum Gasteiger partial charge on any atom is -0.212 e. The molecule has 0 aliphatic carbocycles. The molecule has 1 rings (SSSR count). The number of halogens is 1. The zero-order chi connectivity index (χ0) is 12.9. The van der Waals surface area contributed by atoms with E-state index in [1.807, 2.05) is 31.2 Å². The van der Waals surface area contributed by atoms with E-state index in [-0.39, 0.29) is 5.75 Å². The molecule has 0 radical (unpaired) electrons. The molecule has 0 amide bonds. The minimum atomic E-state index is -3.19. The lowest BCUT2D eigenvalue weighted by atomic mass is 10.2. The van der Waals surface area contributed by atoms with E-state index in [9.17, 15) is 8.42 Å². The molecule has 0 aromatic heterocycles. The van der Waals surface area contributed by atoms with Crippen molar-refractivity contribution >= 4 is 21.6 Å². The highest BCUT2D eigenvalue weighted by Crippen LogP contribution is 2.12. The maximum atomic E-state index is 11.9. The predicted octanol–water partition coefficient (Wildman–Crippen LogP) is 2.60. The molecule has 1 aromatic carbocycles. The normalized spacial score (nSPS) is 12.0. The first-order valence-corrected chi connectivity index (χ1v) is 7.71. The number of sulfonamides is 1. The lowest BCUT2D eigenvalue weighted by Crippen LogP contribution is -2.28. The first kappa shape index (κ1) is 14.5. The molecule has 96 valence electrons. The lowest BCUT2D eigenvalue weighted by Gasteiger charge is -2.16. The van der Waals surface area contributed by atoms with Gasteiger partial charge in [0.1, 0.15) is 0 Å². The first-order valence-electron chi connectivity index (χ1n) is 5.57. The molecule has 17 heavy (non-hydrogen) atoms. The van der Waals surface area contributed by atoms with Gasteiger partial charge in [-0.2, -0.15) is 0 Å². The Kier molecular flexibility index (Phi) is 5.43. The van der Waals surface area contributed by atoms with Gasteiger partial charge in [-0.3, -0.25) is 0 Å². The molecule has 0 heterocycles. The second kappa shape index (κ2) is 6.38. The van der Waals surface area contributed by atoms with E-state index in [4.69, 9.17) is 11.6 Å². The van der Waals surface area contributed by atoms with Gasteiger partial charge < -0.3 is 0 Å². The fourth-order valence-corrected chi connectivity index (χ4v) is 2.97. The van der Waals surface area contributed by atoms with E-state index < -0.39 is 10.0 Å². The summed E-state index contributed by atoms with van der Waals surface area (Å²) in [6.45, 7) is 2.52. The zero-order valence-corrected chi connectivity index (χ0v) is 11.8. The average molecular weight is 276 g/mol. The van der Waals surface area contributed by atoms with Crippen LogP contribution < -0.4 is 0 Å². The highest BCUT2D eigenvalue weighted by Gasteiger charge is 2.17. The van der Waals surface area contributed by atoms with Gasteiger partial charge in [0, 0.05) is 19.5 Å². The third-order valence-electron chi connectivity index (χ3n) is 2.54. The second-order valence-electron chi connectivity index (χ2n) is 4.03. The molecule has 0 unspecified atom stereocenters. The van der Waals surface area contributed by atoms with Crippen molar-refractivity contribution in [2.45, 2.75) is 25.0 Å². The van der Waals surface area contributed by atoms with Crippen molar-refractivity contribution < 1.29 is 8.42 Å². The molecule has 0 N–H and O–H groups in total. The summed E-state index contributed by atoms with van der Waals surface area (Å²) < 4.78 is 25.3. The molecule has 0 fully saturated rings. The van der Waals surface area contributed by atoms with Crippen molar-refractivity contribution in [3.63, 3.8) is 0 Å². The van der Waals surface area contributed by atoms with Crippen LogP contribution in [0.1, 0.15) is 24.5 Å². The molecular weight excluding hydrogens is 258 g/mol. The number of nitrogens with zero attached hydrogens (tertiary/aromatic N) is 1. The van der Waals surface area contributed by atoms with E-state index in [0.717, 1.165) is 17.5 Å². The van der Waals surface area contributed by atoms with E-state index >= 15 is 0 Å². The van der Waals surface area contributed by atoms with Gasteiger partial charge in [-0.15, -0.1) is 11.6 Å². The van der Waals surface area contributed by atoms with Gasteiger partial charge in [-0.1, -0.05) is 31.2 Å². The Balaban J connectivity index is 2.75. The van der Waals surface area contributed by atoms with Crippen molar-refractivity contribution in [3.05, 3.63) is 35.4 Å². The van der Waals surface area contributed by atoms with Crippen LogP contribution in [0.5, 0.6) is 0 Å². The highest BCUT2D eigenvalue weighted by atomic mass is 35.5. The van der Waals surface area contributed by atoms with Crippen LogP contribution in [0, 0.1) is 0 Å². The minimum absolute atomic E-state index is 0.0477. The van der Waals surface area contributed by atoms with Crippen LogP contribution in [-0.2, 0) is 21.7 Å². The molecule has 0 spiro atoms. The van der Waals surface area contributed by atoms with E-state index in [0.29, 0.717) is 12.4 Å². The number of rotatable bonds is 6. The zero-order valence-electron chi connectivity index (χ0n) is 10.2. The standard InChI is InChI=1S/C12H18ClNO2S/c1-3-8-14(2)17(15,16)10-12-6-4-11(9-13)5-7-12/h4-7H,3,8-10H2,1-2H3. The molecule has 5 heteroatoms. The Bertz CT molecular complexity index is 442. The van der Waals surface area contributed by atoms with Gasteiger partial charge in [0.2, 0.25) is 10.0 Å². The Morgan fingerprint density at radius 2 is 1.71 bits per heavy atom. The second-order valence-corrected chi connectivity index (χ2v) is 6.37. The van der Waals surface area contributed by atoms with E-state index in [1.165, 1.54) is 4.31 Å². The molecule has 0 aliphatic rings. The fraction of sp³-hybridized carbons (Fsp3) is 0.500. The number of hydrogen-bond donors (Lipinski definition) is 0. The van der Waals surface area contributed by atoms with Crippen LogP contribution in [0.4, 0.5) is 0 Å². The van der Waals surface area contributed by atoms with Crippen LogP contribution in [0.25, 0.3) is 0 Å². The third kappa shape index (κ3) is 4.30. The van der Waals surface area contributed by atoms with Crippen molar-refractivity contribution in [3.8, 4) is 0 Å². The van der Waals surface area contributed by atoms with E-state index in [2.05, 4.69) is 0 Å².